The summed E-state index contributed by atoms with van der Waals surface area (Å²) in [5.74, 6) is 2.83. The van der Waals surface area contributed by atoms with E-state index in [4.69, 9.17) is 14.5 Å². The number of nitrogens with zero attached hydrogens (tertiary/aromatic N) is 2. The Hall–Kier alpha value is -3.98. The summed E-state index contributed by atoms with van der Waals surface area (Å²) in [5.41, 5.74) is 4.00. The number of carbonyl (C=O) groups is 2. The SMILES string of the molecule is CSC(Cc1ccc(OCc2nc3ccc(Oc4cc(C(C)(C)C)c(O)cc4C(C)(C)C)cc3n2C)cc1)C(=O)NC=O. The summed E-state index contributed by atoms with van der Waals surface area (Å²) in [6, 6.07) is 17.2. The van der Waals surface area contributed by atoms with Gasteiger partial charge >= 0.3 is 0 Å². The monoisotopic (exact) mass is 603 g/mol. The van der Waals surface area contributed by atoms with Crippen LogP contribution in [-0.2, 0) is 40.5 Å². The van der Waals surface area contributed by atoms with Crippen LogP contribution in [0, 0.1) is 0 Å². The van der Waals surface area contributed by atoms with E-state index < -0.39 is 0 Å². The van der Waals surface area contributed by atoms with Gasteiger partial charge in [0.1, 0.15) is 35.4 Å². The van der Waals surface area contributed by atoms with Crippen molar-refractivity contribution < 1.29 is 24.2 Å². The molecule has 9 heteroatoms. The maximum absolute atomic E-state index is 12.0. The number of carbonyl (C=O) groups excluding carboxylic acids is 2. The van der Waals surface area contributed by atoms with Crippen LogP contribution < -0.4 is 14.8 Å². The highest BCUT2D eigenvalue weighted by atomic mass is 32.2. The number of aryl methyl sites for hydroxylation is 1. The zero-order valence-corrected chi connectivity index (χ0v) is 27.0. The molecule has 1 heterocycles. The molecule has 8 nitrogen and oxygen atoms in total. The van der Waals surface area contributed by atoms with Gasteiger partial charge in [0.05, 0.1) is 16.3 Å². The fourth-order valence-corrected chi connectivity index (χ4v) is 5.54. The Balaban J connectivity index is 1.51. The number of phenols is 1. The number of imidazole rings is 1. The number of imide groups is 1. The van der Waals surface area contributed by atoms with Crippen molar-refractivity contribution in [2.45, 2.75) is 70.7 Å². The molecule has 0 radical (unpaired) electrons. The average molecular weight is 604 g/mol. The molecule has 0 saturated carbocycles. The lowest BCUT2D eigenvalue weighted by atomic mass is 9.81. The highest BCUT2D eigenvalue weighted by Crippen LogP contribution is 2.42. The van der Waals surface area contributed by atoms with Crippen molar-refractivity contribution in [3.05, 3.63) is 77.1 Å². The third-order valence-electron chi connectivity index (χ3n) is 7.38. The number of thioether (sulfide) groups is 1. The van der Waals surface area contributed by atoms with Gasteiger partial charge in [-0.3, -0.25) is 14.9 Å². The number of hydrogen-bond acceptors (Lipinski definition) is 7. The summed E-state index contributed by atoms with van der Waals surface area (Å²) >= 11 is 1.40. The van der Waals surface area contributed by atoms with Gasteiger partial charge in [0.25, 0.3) is 0 Å². The van der Waals surface area contributed by atoms with Crippen LogP contribution in [0.15, 0.2) is 54.6 Å². The largest absolute Gasteiger partial charge is 0.508 e. The van der Waals surface area contributed by atoms with Crippen LogP contribution in [0.4, 0.5) is 0 Å². The molecular formula is C34H41N3O5S. The first-order chi connectivity index (χ1) is 20.2. The van der Waals surface area contributed by atoms with E-state index in [2.05, 4.69) is 46.9 Å². The smallest absolute Gasteiger partial charge is 0.239 e. The molecule has 0 fully saturated rings. The van der Waals surface area contributed by atoms with Crippen molar-refractivity contribution in [1.82, 2.24) is 14.9 Å². The van der Waals surface area contributed by atoms with Crippen LogP contribution >= 0.6 is 11.8 Å². The molecule has 2 N–H and O–H groups in total. The predicted octanol–water partition coefficient (Wildman–Crippen LogP) is 6.79. The zero-order valence-electron chi connectivity index (χ0n) is 26.1. The lowest BCUT2D eigenvalue weighted by Gasteiger charge is -2.27. The van der Waals surface area contributed by atoms with Gasteiger partial charge in [-0.2, -0.15) is 11.8 Å². The second kappa shape index (κ2) is 12.7. The molecule has 4 rings (SSSR count). The van der Waals surface area contributed by atoms with E-state index in [0.29, 0.717) is 24.3 Å². The maximum Gasteiger partial charge on any atom is 0.239 e. The minimum atomic E-state index is -0.347. The van der Waals surface area contributed by atoms with E-state index >= 15 is 0 Å². The lowest BCUT2D eigenvalue weighted by molar-refractivity contribution is -0.124. The van der Waals surface area contributed by atoms with E-state index in [1.807, 2.05) is 72.5 Å². The van der Waals surface area contributed by atoms with Crippen LogP contribution in [-0.4, -0.2) is 38.5 Å². The number of amides is 2. The second-order valence-corrected chi connectivity index (χ2v) is 13.7. The summed E-state index contributed by atoms with van der Waals surface area (Å²) in [5, 5.41) is 12.7. The Morgan fingerprint density at radius 3 is 2.26 bits per heavy atom. The number of benzene rings is 3. The Morgan fingerprint density at radius 2 is 1.65 bits per heavy atom. The quantitative estimate of drug-likeness (QED) is 0.192. The molecule has 0 aliphatic heterocycles. The number of fused-ring (bicyclic) bond motifs is 1. The molecule has 0 saturated heterocycles. The molecule has 0 aliphatic rings. The zero-order chi connectivity index (χ0) is 31.5. The molecule has 0 aliphatic carbocycles. The first-order valence-corrected chi connectivity index (χ1v) is 15.5. The molecule has 0 spiro atoms. The summed E-state index contributed by atoms with van der Waals surface area (Å²) in [4.78, 5) is 27.4. The molecule has 2 amide bonds. The fourth-order valence-electron chi connectivity index (χ4n) is 4.90. The summed E-state index contributed by atoms with van der Waals surface area (Å²) < 4.78 is 14.5. The minimum Gasteiger partial charge on any atom is -0.508 e. The van der Waals surface area contributed by atoms with Gasteiger partial charge in [0.2, 0.25) is 12.3 Å². The second-order valence-electron chi connectivity index (χ2n) is 12.7. The number of rotatable bonds is 10. The van der Waals surface area contributed by atoms with E-state index in [0.717, 1.165) is 39.3 Å². The maximum atomic E-state index is 12.0. The van der Waals surface area contributed by atoms with E-state index in [-0.39, 0.29) is 34.3 Å². The van der Waals surface area contributed by atoms with Gasteiger partial charge in [-0.1, -0.05) is 53.7 Å². The molecule has 0 bridgehead atoms. The molecule has 1 unspecified atom stereocenters. The summed E-state index contributed by atoms with van der Waals surface area (Å²) in [6.45, 7) is 12.8. The summed E-state index contributed by atoms with van der Waals surface area (Å²) in [6.07, 6.45) is 2.77. The van der Waals surface area contributed by atoms with Crippen LogP contribution in [0.5, 0.6) is 23.0 Å². The molecule has 43 heavy (non-hydrogen) atoms. The highest BCUT2D eigenvalue weighted by Gasteiger charge is 2.26. The van der Waals surface area contributed by atoms with Crippen molar-refractivity contribution in [1.29, 1.82) is 0 Å². The third-order valence-corrected chi connectivity index (χ3v) is 8.33. The molecular weight excluding hydrogens is 562 g/mol. The normalized spacial score (nSPS) is 12.7. The van der Waals surface area contributed by atoms with Crippen molar-refractivity contribution in [3.8, 4) is 23.0 Å². The van der Waals surface area contributed by atoms with Crippen molar-refractivity contribution in [2.24, 2.45) is 7.05 Å². The van der Waals surface area contributed by atoms with Gasteiger partial charge < -0.3 is 19.1 Å². The van der Waals surface area contributed by atoms with Crippen LogP contribution in [0.25, 0.3) is 11.0 Å². The van der Waals surface area contributed by atoms with Crippen LogP contribution in [0.2, 0.25) is 0 Å². The molecule has 3 aromatic carbocycles. The molecule has 1 aromatic heterocycles. The van der Waals surface area contributed by atoms with Gasteiger partial charge in [-0.25, -0.2) is 4.98 Å². The van der Waals surface area contributed by atoms with Gasteiger partial charge in [-0.05, 0) is 65.5 Å². The van der Waals surface area contributed by atoms with Crippen molar-refractivity contribution in [2.75, 3.05) is 6.26 Å². The van der Waals surface area contributed by atoms with Gasteiger partial charge in [0.15, 0.2) is 0 Å². The topological polar surface area (TPSA) is 103 Å². The number of nitrogens with one attached hydrogen (secondary N) is 1. The van der Waals surface area contributed by atoms with Gasteiger partial charge in [-0.15, -0.1) is 0 Å². The first kappa shape index (κ1) is 31.9. The van der Waals surface area contributed by atoms with Crippen molar-refractivity contribution in [3.63, 3.8) is 0 Å². The number of hydrogen-bond donors (Lipinski definition) is 2. The molecule has 228 valence electrons. The van der Waals surface area contributed by atoms with Crippen molar-refractivity contribution >= 4 is 35.1 Å². The highest BCUT2D eigenvalue weighted by molar-refractivity contribution is 7.99. The van der Waals surface area contributed by atoms with E-state index in [1.165, 1.54) is 11.8 Å². The number of phenolic OH excluding ortho intramolecular Hbond substituents is 1. The Kier molecular flexibility index (Phi) is 9.44. The number of ether oxygens (including phenoxy) is 2. The van der Waals surface area contributed by atoms with Gasteiger partial charge in [0, 0.05) is 24.2 Å². The Labute approximate surface area is 257 Å². The third kappa shape index (κ3) is 7.51. The summed E-state index contributed by atoms with van der Waals surface area (Å²) in [7, 11) is 1.95. The lowest BCUT2D eigenvalue weighted by Crippen LogP contribution is -2.32. The fraction of sp³-hybridized carbons (Fsp3) is 0.382. The predicted molar refractivity (Wildman–Crippen MR) is 172 cm³/mol. The molecule has 1 atom stereocenters. The first-order valence-electron chi connectivity index (χ1n) is 14.2. The van der Waals surface area contributed by atoms with E-state index in [9.17, 15) is 14.7 Å². The number of aromatic nitrogens is 2. The van der Waals surface area contributed by atoms with E-state index in [1.54, 1.807) is 0 Å². The van der Waals surface area contributed by atoms with Crippen LogP contribution in [0.3, 0.4) is 0 Å². The van der Waals surface area contributed by atoms with Crippen LogP contribution in [0.1, 0.15) is 64.1 Å². The average Bonchev–Trinajstić information content (AvgIpc) is 3.25. The Bertz CT molecular complexity index is 1610. The minimum absolute atomic E-state index is 0.232. The molecule has 4 aromatic rings. The Morgan fingerprint density at radius 1 is 1.00 bits per heavy atom. The standard InChI is InChI=1S/C34H41N3O5S/c1-33(2,3)24-18-29(25(17-28(24)39)34(4,5)6)42-23-13-14-26-27(16-23)37(7)31(36-26)19-41-22-11-9-21(10-12-22)15-30(43-8)32(40)35-20-38/h9-14,16-18,20,30,39H,15,19H2,1-8H3,(H,35,38,40). The number of aromatic hydroxyl groups is 1.